The van der Waals surface area contributed by atoms with Crippen LogP contribution in [0.4, 0.5) is 9.59 Å². The minimum Gasteiger partial charge on any atom is -0.358 e. The first-order valence-corrected chi connectivity index (χ1v) is 1.65. The average Bonchev–Trinajstić information content (AvgIpc) is 1.65. The van der Waals surface area contributed by atoms with Crippen LogP contribution in [0.3, 0.4) is 0 Å². The van der Waals surface area contributed by atoms with E-state index < -0.39 is 12.2 Å². The SMILES string of the molecule is C=NC(=O)OC(N)=O. The van der Waals surface area contributed by atoms with Crippen LogP contribution in [-0.2, 0) is 4.74 Å². The number of rotatable bonds is 0. The summed E-state index contributed by atoms with van der Waals surface area (Å²) >= 11 is 0. The third-order valence-corrected chi connectivity index (χ3v) is 0.317. The van der Waals surface area contributed by atoms with Crippen molar-refractivity contribution in [1.29, 1.82) is 0 Å². The van der Waals surface area contributed by atoms with Crippen molar-refractivity contribution in [3.8, 4) is 0 Å². The molecule has 8 heavy (non-hydrogen) atoms. The van der Waals surface area contributed by atoms with Crippen molar-refractivity contribution in [1.82, 2.24) is 0 Å². The zero-order chi connectivity index (χ0) is 6.57. The Morgan fingerprint density at radius 1 is 1.62 bits per heavy atom. The number of carbonyl (C=O) groups is 2. The maximum absolute atomic E-state index is 9.87. The van der Waals surface area contributed by atoms with E-state index >= 15 is 0 Å². The van der Waals surface area contributed by atoms with Crippen LogP contribution in [0.5, 0.6) is 0 Å². The Labute approximate surface area is 45.1 Å². The van der Waals surface area contributed by atoms with Gasteiger partial charge in [0.1, 0.15) is 0 Å². The number of nitrogens with two attached hydrogens (primary N) is 1. The number of nitrogens with zero attached hydrogens (tertiary/aromatic N) is 1. The highest BCUT2D eigenvalue weighted by Gasteiger charge is 1.99. The molecule has 0 radical (unpaired) electrons. The molecule has 0 saturated heterocycles. The fourth-order valence-electron chi connectivity index (χ4n) is 0.118. The normalized spacial score (nSPS) is 7.50. The van der Waals surface area contributed by atoms with Gasteiger partial charge in [0.05, 0.1) is 0 Å². The molecule has 0 unspecified atom stereocenters. The van der Waals surface area contributed by atoms with Crippen LogP contribution in [0.25, 0.3) is 0 Å². The molecule has 44 valence electrons. The number of primary amides is 1. The second-order valence-corrected chi connectivity index (χ2v) is 0.845. The highest BCUT2D eigenvalue weighted by molar-refractivity contribution is 5.84. The summed E-state index contributed by atoms with van der Waals surface area (Å²) in [5.74, 6) is 0. The van der Waals surface area contributed by atoms with Gasteiger partial charge in [-0.3, -0.25) is 0 Å². The summed E-state index contributed by atoms with van der Waals surface area (Å²) in [6, 6.07) is 0. The summed E-state index contributed by atoms with van der Waals surface area (Å²) in [4.78, 5) is 22.2. The summed E-state index contributed by atoms with van der Waals surface area (Å²) in [5.41, 5.74) is 4.40. The van der Waals surface area contributed by atoms with Gasteiger partial charge in [0.2, 0.25) is 0 Å². The van der Waals surface area contributed by atoms with E-state index in [1.807, 2.05) is 0 Å². The number of hydrogen-bond donors (Lipinski definition) is 1. The first kappa shape index (κ1) is 6.61. The lowest BCUT2D eigenvalue weighted by Crippen LogP contribution is -2.15. The first-order valence-electron chi connectivity index (χ1n) is 1.65. The smallest absolute Gasteiger partial charge is 0.358 e. The van der Waals surface area contributed by atoms with Crippen LogP contribution in [0.1, 0.15) is 0 Å². The monoisotopic (exact) mass is 116 g/mol. The Bertz CT molecular complexity index is 130. The van der Waals surface area contributed by atoms with Crippen LogP contribution in [0, 0.1) is 0 Å². The number of ether oxygens (including phenoxy) is 1. The number of carbonyl (C=O) groups excluding carboxylic acids is 2. The van der Waals surface area contributed by atoms with Gasteiger partial charge < -0.3 is 10.5 Å². The summed E-state index contributed by atoms with van der Waals surface area (Å²) in [5, 5.41) is 0. The van der Waals surface area contributed by atoms with E-state index in [-0.39, 0.29) is 0 Å². The third kappa shape index (κ3) is 2.83. The van der Waals surface area contributed by atoms with Gasteiger partial charge in [0.25, 0.3) is 0 Å². The first-order chi connectivity index (χ1) is 3.66. The minimum absolute atomic E-state index is 1.09. The summed E-state index contributed by atoms with van der Waals surface area (Å²) in [6.45, 7) is 2.78. The second-order valence-electron chi connectivity index (χ2n) is 0.845. The molecule has 0 aliphatic heterocycles. The molecule has 0 heterocycles. The highest BCUT2D eigenvalue weighted by Crippen LogP contribution is 1.78. The molecule has 0 aromatic rings. The van der Waals surface area contributed by atoms with Gasteiger partial charge in [-0.1, -0.05) is 0 Å². The molecular formula is C3H4N2O3. The van der Waals surface area contributed by atoms with Crippen LogP contribution in [-0.4, -0.2) is 18.9 Å². The standard InChI is InChI=1S/C3H4N2O3/c1-5-3(7)8-2(4)6/h1H2,(H2,4,6). The van der Waals surface area contributed by atoms with E-state index in [0.29, 0.717) is 0 Å². The molecule has 0 aromatic carbocycles. The zero-order valence-corrected chi connectivity index (χ0v) is 3.96. The van der Waals surface area contributed by atoms with Crippen molar-refractivity contribution in [2.24, 2.45) is 10.7 Å². The Morgan fingerprint density at radius 3 is 2.25 bits per heavy atom. The molecule has 0 bridgehead atoms. The fourth-order valence-corrected chi connectivity index (χ4v) is 0.118. The lowest BCUT2D eigenvalue weighted by molar-refractivity contribution is 0.164. The van der Waals surface area contributed by atoms with Gasteiger partial charge in [0.15, 0.2) is 0 Å². The molecule has 0 aliphatic rings. The predicted octanol–water partition coefficient (Wildman–Crippen LogP) is -0.0977. The Kier molecular flexibility index (Phi) is 2.25. The van der Waals surface area contributed by atoms with Gasteiger partial charge in [-0.25, -0.2) is 9.59 Å². The number of hydrogen-bond acceptors (Lipinski definition) is 3. The van der Waals surface area contributed by atoms with Crippen molar-refractivity contribution in [3.63, 3.8) is 0 Å². The summed E-state index contributed by atoms with van der Waals surface area (Å²) in [7, 11) is 0. The van der Waals surface area contributed by atoms with Gasteiger partial charge in [-0.05, 0) is 6.72 Å². The topological polar surface area (TPSA) is 81.8 Å². The van der Waals surface area contributed by atoms with E-state index in [9.17, 15) is 9.59 Å². The maximum atomic E-state index is 9.87. The van der Waals surface area contributed by atoms with Crippen molar-refractivity contribution < 1.29 is 14.3 Å². The predicted molar refractivity (Wildman–Crippen MR) is 25.6 cm³/mol. The third-order valence-electron chi connectivity index (χ3n) is 0.317. The molecule has 0 atom stereocenters. The van der Waals surface area contributed by atoms with E-state index in [2.05, 4.69) is 22.2 Å². The zero-order valence-electron chi connectivity index (χ0n) is 3.96. The Morgan fingerprint density at radius 2 is 2.12 bits per heavy atom. The molecule has 2 N–H and O–H groups in total. The fraction of sp³-hybridized carbons (Fsp3) is 0. The molecular weight excluding hydrogens is 112 g/mol. The minimum atomic E-state index is -1.18. The highest BCUT2D eigenvalue weighted by atomic mass is 16.6. The Hall–Kier alpha value is -1.39. The quantitative estimate of drug-likeness (QED) is 0.354. The molecule has 5 nitrogen and oxygen atoms in total. The molecule has 2 amide bonds. The van der Waals surface area contributed by atoms with E-state index in [4.69, 9.17) is 0 Å². The maximum Gasteiger partial charge on any atom is 0.441 e. The average molecular weight is 116 g/mol. The lowest BCUT2D eigenvalue weighted by Gasteiger charge is -1.87. The molecule has 0 spiro atoms. The Balaban J connectivity index is 3.55. The van der Waals surface area contributed by atoms with Crippen molar-refractivity contribution in [3.05, 3.63) is 0 Å². The van der Waals surface area contributed by atoms with E-state index in [1.165, 1.54) is 0 Å². The van der Waals surface area contributed by atoms with Gasteiger partial charge >= 0.3 is 12.2 Å². The number of amides is 2. The van der Waals surface area contributed by atoms with Crippen molar-refractivity contribution in [2.45, 2.75) is 0 Å². The van der Waals surface area contributed by atoms with E-state index in [0.717, 1.165) is 0 Å². The van der Waals surface area contributed by atoms with Crippen LogP contribution < -0.4 is 5.73 Å². The van der Waals surface area contributed by atoms with Gasteiger partial charge in [0, 0.05) is 0 Å². The molecule has 0 aliphatic carbocycles. The molecule has 0 rings (SSSR count). The lowest BCUT2D eigenvalue weighted by atomic mass is 11.1. The van der Waals surface area contributed by atoms with Crippen LogP contribution in [0.15, 0.2) is 4.99 Å². The van der Waals surface area contributed by atoms with Gasteiger partial charge in [-0.15, -0.1) is 0 Å². The van der Waals surface area contributed by atoms with Crippen molar-refractivity contribution in [2.75, 3.05) is 0 Å². The molecule has 0 saturated carbocycles. The van der Waals surface area contributed by atoms with Crippen molar-refractivity contribution >= 4 is 18.9 Å². The molecule has 5 heteroatoms. The second kappa shape index (κ2) is 2.73. The molecule has 0 fully saturated rings. The summed E-state index contributed by atoms with van der Waals surface area (Å²) < 4.78 is 3.67. The van der Waals surface area contributed by atoms with E-state index in [1.54, 1.807) is 0 Å². The van der Waals surface area contributed by atoms with Crippen LogP contribution >= 0.6 is 0 Å². The summed E-state index contributed by atoms with van der Waals surface area (Å²) in [6.07, 6.45) is -2.26. The largest absolute Gasteiger partial charge is 0.441 e. The van der Waals surface area contributed by atoms with Crippen LogP contribution in [0.2, 0.25) is 0 Å². The molecule has 0 aromatic heterocycles. The van der Waals surface area contributed by atoms with Gasteiger partial charge in [-0.2, -0.15) is 4.99 Å². The number of aliphatic imine (C=N–C) groups is 1.